The highest BCUT2D eigenvalue weighted by atomic mass is 16.5. The summed E-state index contributed by atoms with van der Waals surface area (Å²) in [5.41, 5.74) is 0.861. The zero-order valence-electron chi connectivity index (χ0n) is 13.3. The van der Waals surface area contributed by atoms with Gasteiger partial charge >= 0.3 is 0 Å². The van der Waals surface area contributed by atoms with Crippen molar-refractivity contribution in [1.82, 2.24) is 0 Å². The maximum Gasteiger partial charge on any atom is 0.227 e. The molecule has 0 aliphatic carbocycles. The van der Waals surface area contributed by atoms with E-state index in [-0.39, 0.29) is 12.0 Å². The fraction of sp³-hybridized carbons (Fsp3) is 0.316. The molecule has 120 valence electrons. The minimum absolute atomic E-state index is 0.00872. The van der Waals surface area contributed by atoms with Crippen molar-refractivity contribution in [3.8, 4) is 11.5 Å². The second-order valence-corrected chi connectivity index (χ2v) is 5.67. The molecule has 1 atom stereocenters. The number of fused-ring (bicyclic) bond motifs is 1. The standard InChI is InChI=1S/C19H21NO3/c1-15-14-20(17-10-5-6-11-18(17)23-15)19(21)12-7-13-22-16-8-3-2-4-9-16/h2-6,8-11,15H,7,12-14H2,1H3. The van der Waals surface area contributed by atoms with Gasteiger partial charge in [-0.05, 0) is 37.6 Å². The van der Waals surface area contributed by atoms with Crippen LogP contribution in [0.2, 0.25) is 0 Å². The second kappa shape index (κ2) is 7.18. The number of para-hydroxylation sites is 3. The summed E-state index contributed by atoms with van der Waals surface area (Å²) in [4.78, 5) is 14.4. The van der Waals surface area contributed by atoms with E-state index in [9.17, 15) is 4.79 Å². The van der Waals surface area contributed by atoms with Gasteiger partial charge in [-0.15, -0.1) is 0 Å². The van der Waals surface area contributed by atoms with Gasteiger partial charge in [0.15, 0.2) is 0 Å². The SMILES string of the molecule is CC1CN(C(=O)CCCOc2ccccc2)c2ccccc2O1. The number of nitrogens with zero attached hydrogens (tertiary/aromatic N) is 1. The maximum absolute atomic E-state index is 12.5. The predicted octanol–water partition coefficient (Wildman–Crippen LogP) is 3.66. The number of hydrogen-bond donors (Lipinski definition) is 0. The van der Waals surface area contributed by atoms with Crippen molar-refractivity contribution in [1.29, 1.82) is 0 Å². The highest BCUT2D eigenvalue weighted by molar-refractivity contribution is 5.95. The van der Waals surface area contributed by atoms with Gasteiger partial charge in [-0.3, -0.25) is 4.79 Å². The van der Waals surface area contributed by atoms with Crippen molar-refractivity contribution in [2.75, 3.05) is 18.1 Å². The molecule has 0 spiro atoms. The first kappa shape index (κ1) is 15.4. The molecule has 2 aromatic carbocycles. The van der Waals surface area contributed by atoms with Gasteiger partial charge in [0.25, 0.3) is 0 Å². The molecule has 4 nitrogen and oxygen atoms in total. The topological polar surface area (TPSA) is 38.8 Å². The van der Waals surface area contributed by atoms with Crippen LogP contribution in [0.15, 0.2) is 54.6 Å². The molecule has 0 radical (unpaired) electrons. The Bertz CT molecular complexity index is 657. The molecule has 1 aliphatic rings. The van der Waals surface area contributed by atoms with Crippen LogP contribution >= 0.6 is 0 Å². The van der Waals surface area contributed by atoms with Gasteiger partial charge in [0.2, 0.25) is 5.91 Å². The highest BCUT2D eigenvalue weighted by Gasteiger charge is 2.26. The van der Waals surface area contributed by atoms with E-state index in [2.05, 4.69) is 0 Å². The van der Waals surface area contributed by atoms with Gasteiger partial charge < -0.3 is 14.4 Å². The van der Waals surface area contributed by atoms with Crippen molar-refractivity contribution in [2.45, 2.75) is 25.9 Å². The van der Waals surface area contributed by atoms with Crippen LogP contribution in [0.5, 0.6) is 11.5 Å². The van der Waals surface area contributed by atoms with E-state index >= 15 is 0 Å². The molecule has 23 heavy (non-hydrogen) atoms. The van der Waals surface area contributed by atoms with Crippen molar-refractivity contribution < 1.29 is 14.3 Å². The monoisotopic (exact) mass is 311 g/mol. The second-order valence-electron chi connectivity index (χ2n) is 5.67. The van der Waals surface area contributed by atoms with Crippen LogP contribution in [0.25, 0.3) is 0 Å². The first-order chi connectivity index (χ1) is 11.2. The lowest BCUT2D eigenvalue weighted by Crippen LogP contribution is -2.42. The summed E-state index contributed by atoms with van der Waals surface area (Å²) in [7, 11) is 0. The molecule has 1 aliphatic heterocycles. The van der Waals surface area contributed by atoms with Gasteiger partial charge in [-0.25, -0.2) is 0 Å². The summed E-state index contributed by atoms with van der Waals surface area (Å²) >= 11 is 0. The normalized spacial score (nSPS) is 16.4. The first-order valence-electron chi connectivity index (χ1n) is 7.98. The quantitative estimate of drug-likeness (QED) is 0.791. The van der Waals surface area contributed by atoms with Crippen LogP contribution in [0.1, 0.15) is 19.8 Å². The minimum atomic E-state index is 0.00872. The lowest BCUT2D eigenvalue weighted by Gasteiger charge is -2.33. The number of hydrogen-bond acceptors (Lipinski definition) is 3. The fourth-order valence-electron chi connectivity index (χ4n) is 2.69. The van der Waals surface area contributed by atoms with E-state index in [0.29, 0.717) is 26.0 Å². The molecule has 0 bridgehead atoms. The Morgan fingerprint density at radius 1 is 1.17 bits per heavy atom. The molecule has 0 fully saturated rings. The lowest BCUT2D eigenvalue weighted by molar-refractivity contribution is -0.119. The Hall–Kier alpha value is -2.49. The number of rotatable bonds is 5. The third kappa shape index (κ3) is 3.83. The van der Waals surface area contributed by atoms with Crippen LogP contribution < -0.4 is 14.4 Å². The van der Waals surface area contributed by atoms with Crippen LogP contribution in [0.4, 0.5) is 5.69 Å². The zero-order valence-corrected chi connectivity index (χ0v) is 13.3. The molecule has 1 heterocycles. The van der Waals surface area contributed by atoms with Crippen molar-refractivity contribution in [3.63, 3.8) is 0 Å². The first-order valence-corrected chi connectivity index (χ1v) is 7.98. The molecule has 0 saturated heterocycles. The molecule has 3 rings (SSSR count). The summed E-state index contributed by atoms with van der Waals surface area (Å²) in [5.74, 6) is 1.73. The third-order valence-electron chi connectivity index (χ3n) is 3.77. The van der Waals surface area contributed by atoms with Crippen molar-refractivity contribution >= 4 is 11.6 Å². The summed E-state index contributed by atoms with van der Waals surface area (Å²) in [5, 5.41) is 0. The fourth-order valence-corrected chi connectivity index (χ4v) is 2.69. The summed E-state index contributed by atoms with van der Waals surface area (Å²) in [6.45, 7) is 3.11. The van der Waals surface area contributed by atoms with Gasteiger partial charge in [0.1, 0.15) is 17.6 Å². The smallest absolute Gasteiger partial charge is 0.227 e. The number of carbonyl (C=O) groups is 1. The van der Waals surface area contributed by atoms with E-state index in [0.717, 1.165) is 17.2 Å². The van der Waals surface area contributed by atoms with Gasteiger partial charge in [-0.1, -0.05) is 30.3 Å². The minimum Gasteiger partial charge on any atom is -0.494 e. The summed E-state index contributed by atoms with van der Waals surface area (Å²) in [6, 6.07) is 17.4. The van der Waals surface area contributed by atoms with Gasteiger partial charge in [0, 0.05) is 6.42 Å². The van der Waals surface area contributed by atoms with Crippen LogP contribution in [-0.2, 0) is 4.79 Å². The number of carbonyl (C=O) groups excluding carboxylic acids is 1. The molecule has 0 aromatic heterocycles. The Balaban J connectivity index is 1.54. The molecule has 2 aromatic rings. The largest absolute Gasteiger partial charge is 0.494 e. The lowest BCUT2D eigenvalue weighted by atomic mass is 10.1. The van der Waals surface area contributed by atoms with E-state index in [4.69, 9.17) is 9.47 Å². The Morgan fingerprint density at radius 3 is 2.74 bits per heavy atom. The van der Waals surface area contributed by atoms with Crippen molar-refractivity contribution in [2.24, 2.45) is 0 Å². The van der Waals surface area contributed by atoms with Crippen molar-refractivity contribution in [3.05, 3.63) is 54.6 Å². The average molecular weight is 311 g/mol. The Labute approximate surface area is 136 Å². The molecular weight excluding hydrogens is 290 g/mol. The number of amides is 1. The molecule has 1 amide bonds. The summed E-state index contributed by atoms with van der Waals surface area (Å²) in [6.07, 6.45) is 1.17. The van der Waals surface area contributed by atoms with Gasteiger partial charge in [0.05, 0.1) is 18.8 Å². The van der Waals surface area contributed by atoms with Crippen LogP contribution in [-0.4, -0.2) is 25.2 Å². The van der Waals surface area contributed by atoms with Crippen LogP contribution in [0, 0.1) is 0 Å². The summed E-state index contributed by atoms with van der Waals surface area (Å²) < 4.78 is 11.4. The van der Waals surface area contributed by atoms with E-state index in [1.54, 1.807) is 0 Å². The highest BCUT2D eigenvalue weighted by Crippen LogP contribution is 2.33. The number of anilines is 1. The van der Waals surface area contributed by atoms with E-state index < -0.39 is 0 Å². The van der Waals surface area contributed by atoms with E-state index in [1.807, 2.05) is 66.4 Å². The number of benzene rings is 2. The third-order valence-corrected chi connectivity index (χ3v) is 3.77. The average Bonchev–Trinajstić information content (AvgIpc) is 2.58. The number of ether oxygens (including phenoxy) is 2. The Morgan fingerprint density at radius 2 is 1.91 bits per heavy atom. The molecule has 0 saturated carbocycles. The molecular formula is C19H21NO3. The zero-order chi connectivity index (χ0) is 16.1. The maximum atomic E-state index is 12.5. The molecule has 0 N–H and O–H groups in total. The van der Waals surface area contributed by atoms with E-state index in [1.165, 1.54) is 0 Å². The van der Waals surface area contributed by atoms with Crippen LogP contribution in [0.3, 0.4) is 0 Å². The molecule has 1 unspecified atom stereocenters. The van der Waals surface area contributed by atoms with Gasteiger partial charge in [-0.2, -0.15) is 0 Å². The Kier molecular flexibility index (Phi) is 4.81. The molecule has 4 heteroatoms. The predicted molar refractivity (Wildman–Crippen MR) is 90.1 cm³/mol.